The Morgan fingerprint density at radius 3 is 1.88 bits per heavy atom. The maximum Gasteiger partial charge on any atom is 0.472 e. The van der Waals surface area contributed by atoms with Crippen molar-refractivity contribution in [2.45, 2.75) is 211 Å². The number of thioether (sulfide) groups is 1. The highest BCUT2D eigenvalue weighted by molar-refractivity contribution is 8.00. The molecule has 7 N–H and O–H groups in total. The van der Waals surface area contributed by atoms with E-state index in [1.807, 2.05) is 24.3 Å². The van der Waals surface area contributed by atoms with Gasteiger partial charge in [-0.2, -0.15) is 0 Å². The van der Waals surface area contributed by atoms with Gasteiger partial charge in [0.15, 0.2) is 6.10 Å². The van der Waals surface area contributed by atoms with E-state index in [2.05, 4.69) is 32.9 Å². The van der Waals surface area contributed by atoms with Gasteiger partial charge in [0.25, 0.3) is 0 Å². The molecular weight excluding hydrogens is 886 g/mol. The van der Waals surface area contributed by atoms with E-state index in [9.17, 15) is 34.1 Å². The van der Waals surface area contributed by atoms with Gasteiger partial charge >= 0.3 is 25.7 Å². The van der Waals surface area contributed by atoms with Crippen molar-refractivity contribution < 1.29 is 62.8 Å². The molecule has 0 aromatic rings. The number of carboxylic acid groups (broad SMARTS) is 1. The molecule has 0 rings (SSSR count). The molecule has 0 heterocycles. The van der Waals surface area contributed by atoms with E-state index in [0.29, 0.717) is 6.42 Å². The first kappa shape index (κ1) is 63.7. The summed E-state index contributed by atoms with van der Waals surface area (Å²) in [7, 11) is -4.76. The zero-order valence-electron chi connectivity index (χ0n) is 40.7. The number of carbonyl (C=O) groups excluding carboxylic acids is 2. The van der Waals surface area contributed by atoms with Crippen LogP contribution in [0, 0.1) is 5.92 Å². The number of aliphatic hydroxyl groups excluding tert-OH is 3. The van der Waals surface area contributed by atoms with Crippen molar-refractivity contribution in [2.75, 3.05) is 32.2 Å². The average Bonchev–Trinajstić information content (AvgIpc) is 3.28. The minimum Gasteiger partial charge on any atom is -0.481 e. The number of hydrogen-bond acceptors (Lipinski definition) is 13. The highest BCUT2D eigenvalue weighted by Gasteiger charge is 2.28. The number of unbranched alkanes of at least 4 members (excludes halogenated alkanes) is 17. The number of hydrogen-bond donors (Lipinski definition) is 6. The average molecular weight is 976 g/mol. The van der Waals surface area contributed by atoms with Crippen molar-refractivity contribution in [3.8, 4) is 0 Å². The molecule has 14 nitrogen and oxygen atoms in total. The van der Waals surface area contributed by atoms with E-state index < -0.39 is 81.8 Å². The molecular formula is C50H90NO13PS. The number of rotatable bonds is 46. The largest absolute Gasteiger partial charge is 0.481 e. The second-order valence-corrected chi connectivity index (χ2v) is 20.2. The van der Waals surface area contributed by atoms with Gasteiger partial charge in [-0.1, -0.05) is 179 Å². The van der Waals surface area contributed by atoms with Crippen LogP contribution in [0.2, 0.25) is 0 Å². The van der Waals surface area contributed by atoms with Gasteiger partial charge in [0, 0.05) is 23.8 Å². The Balaban J connectivity index is 5.04. The molecule has 0 aromatic heterocycles. The first-order valence-corrected chi connectivity index (χ1v) is 27.4. The Hall–Kier alpha value is -2.33. The van der Waals surface area contributed by atoms with Crippen molar-refractivity contribution >= 4 is 37.5 Å². The number of aliphatic carboxylic acids is 1. The molecule has 0 saturated heterocycles. The summed E-state index contributed by atoms with van der Waals surface area (Å²) in [5.41, 5.74) is 6.17. The molecule has 0 aliphatic carbocycles. The van der Waals surface area contributed by atoms with Crippen LogP contribution < -0.4 is 5.73 Å². The number of ether oxygens (including phenoxy) is 2. The third kappa shape index (κ3) is 41.8. The minimum absolute atomic E-state index is 0.0186. The van der Waals surface area contributed by atoms with Crippen molar-refractivity contribution in [3.63, 3.8) is 0 Å². The number of carbonyl (C=O) groups is 3. The first-order valence-electron chi connectivity index (χ1n) is 24.9. The molecule has 0 aliphatic heterocycles. The molecule has 1 unspecified atom stereocenters. The smallest absolute Gasteiger partial charge is 0.472 e. The van der Waals surface area contributed by atoms with Gasteiger partial charge in [-0.05, 0) is 44.4 Å². The van der Waals surface area contributed by atoms with E-state index in [4.69, 9.17) is 34.5 Å². The Morgan fingerprint density at radius 2 is 1.29 bits per heavy atom. The summed E-state index contributed by atoms with van der Waals surface area (Å²) in [5.74, 6) is -1.60. The zero-order valence-corrected chi connectivity index (χ0v) is 42.4. The molecule has 0 amide bonds. The molecule has 6 atom stereocenters. The lowest BCUT2D eigenvalue weighted by Crippen LogP contribution is -2.38. The van der Waals surface area contributed by atoms with Crippen LogP contribution >= 0.6 is 19.6 Å². The molecule has 384 valence electrons. The fourth-order valence-corrected chi connectivity index (χ4v) is 8.59. The van der Waals surface area contributed by atoms with Crippen molar-refractivity contribution in [3.05, 3.63) is 48.6 Å². The standard InChI is InChI=1S/C50H90NO13PS/c1-4-5-6-7-8-9-10-17-20-23-26-29-34-47(46(54)33-31-35-48(55)56)66-41-45(51)50(58)61-39-44(40-63-65(59,60)62-38-43(53)37-52)64-49(57)36-30-27-24-21-18-15-13-11-12-14-16-19-22-25-28-32-42(2)3/h8-9,17,20,23,26,29,34,42-47,52-54H,4-7,10-16,18-19,21-22,24-25,27-28,30-33,35-41,51H2,1-3H3,(H,55,56)(H,59,60)/b9-8-,20-17-,26-23+,34-29+/t43-,44+,45-,46-,47+/m0/s1. The van der Waals surface area contributed by atoms with Crippen LogP contribution in [0.5, 0.6) is 0 Å². The fourth-order valence-electron chi connectivity index (χ4n) is 6.68. The van der Waals surface area contributed by atoms with Crippen molar-refractivity contribution in [1.29, 1.82) is 0 Å². The number of nitrogens with two attached hydrogens (primary N) is 1. The van der Waals surface area contributed by atoms with Crippen molar-refractivity contribution in [1.82, 2.24) is 0 Å². The Morgan fingerprint density at radius 1 is 0.697 bits per heavy atom. The lowest BCUT2D eigenvalue weighted by molar-refractivity contribution is -0.161. The lowest BCUT2D eigenvalue weighted by atomic mass is 10.0. The van der Waals surface area contributed by atoms with Crippen LogP contribution in [0.1, 0.15) is 181 Å². The summed E-state index contributed by atoms with van der Waals surface area (Å²) in [5, 5.41) is 37.9. The summed E-state index contributed by atoms with van der Waals surface area (Å²) < 4.78 is 32.9. The maximum absolute atomic E-state index is 13.0. The molecule has 0 aliphatic rings. The monoisotopic (exact) mass is 976 g/mol. The molecule has 0 radical (unpaired) electrons. The topological polar surface area (TPSA) is 232 Å². The van der Waals surface area contributed by atoms with Gasteiger partial charge in [0.1, 0.15) is 18.8 Å². The summed E-state index contributed by atoms with van der Waals surface area (Å²) >= 11 is 1.19. The third-order valence-corrected chi connectivity index (χ3v) is 13.0. The molecule has 0 bridgehead atoms. The third-order valence-electron chi connectivity index (χ3n) is 10.7. The highest BCUT2D eigenvalue weighted by atomic mass is 32.2. The molecule has 66 heavy (non-hydrogen) atoms. The minimum atomic E-state index is -4.76. The van der Waals surface area contributed by atoms with E-state index in [-0.39, 0.29) is 31.4 Å². The Kier molecular flexibility index (Phi) is 42.4. The number of esters is 2. The highest BCUT2D eigenvalue weighted by Crippen LogP contribution is 2.43. The Bertz CT molecular complexity index is 1380. The zero-order chi connectivity index (χ0) is 49.1. The SMILES string of the molecule is CCCCC/C=C\C\C=C/C=C/C=C/[C@@H](SC[C@H](N)C(=O)OC[C@H](COP(=O)(O)OC[C@@H](O)CO)OC(=O)CCCCCCCCCCCCCCCCCC(C)C)[C@@H](O)CCCC(=O)O. The molecule has 0 fully saturated rings. The predicted molar refractivity (Wildman–Crippen MR) is 266 cm³/mol. The van der Waals surface area contributed by atoms with Gasteiger partial charge < -0.3 is 40.5 Å². The molecule has 0 aromatic carbocycles. The van der Waals surface area contributed by atoms with E-state index in [0.717, 1.165) is 44.4 Å². The summed E-state index contributed by atoms with van der Waals surface area (Å²) in [6, 6.07) is -1.17. The van der Waals surface area contributed by atoms with Gasteiger partial charge in [-0.25, -0.2) is 4.57 Å². The van der Waals surface area contributed by atoms with Crippen LogP contribution in [-0.4, -0.2) is 105 Å². The number of aliphatic hydroxyl groups is 3. The van der Waals surface area contributed by atoms with E-state index in [1.165, 1.54) is 102 Å². The van der Waals surface area contributed by atoms with Crippen LogP contribution in [0.25, 0.3) is 0 Å². The fraction of sp³-hybridized carbons (Fsp3) is 0.780. The number of phosphoric ester groups is 1. The van der Waals surface area contributed by atoms with Crippen LogP contribution in [-0.2, 0) is 37.5 Å². The second kappa shape index (κ2) is 43.9. The second-order valence-electron chi connectivity index (χ2n) is 17.5. The van der Waals surface area contributed by atoms with E-state index in [1.54, 1.807) is 12.2 Å². The molecule has 16 heteroatoms. The van der Waals surface area contributed by atoms with Crippen molar-refractivity contribution in [2.24, 2.45) is 11.7 Å². The van der Waals surface area contributed by atoms with E-state index >= 15 is 0 Å². The van der Waals surface area contributed by atoms with Gasteiger partial charge in [-0.15, -0.1) is 11.8 Å². The first-order chi connectivity index (χ1) is 31.7. The summed E-state index contributed by atoms with van der Waals surface area (Å²) in [6.07, 6.45) is 36.9. The molecule has 0 saturated carbocycles. The Labute approximate surface area is 402 Å². The number of phosphoric acid groups is 1. The van der Waals surface area contributed by atoms with Gasteiger partial charge in [-0.3, -0.25) is 23.4 Å². The molecule has 0 spiro atoms. The van der Waals surface area contributed by atoms with Crippen LogP contribution in [0.15, 0.2) is 48.6 Å². The van der Waals surface area contributed by atoms with Crippen LogP contribution in [0.4, 0.5) is 0 Å². The van der Waals surface area contributed by atoms with Gasteiger partial charge in [0.05, 0.1) is 25.9 Å². The summed E-state index contributed by atoms with van der Waals surface area (Å²) in [6.45, 7) is 4.13. The summed E-state index contributed by atoms with van der Waals surface area (Å²) in [4.78, 5) is 47.0. The van der Waals surface area contributed by atoms with Gasteiger partial charge in [0.2, 0.25) is 0 Å². The normalized spacial score (nSPS) is 15.5. The predicted octanol–water partition coefficient (Wildman–Crippen LogP) is 10.5. The maximum atomic E-state index is 13.0. The van der Waals surface area contributed by atoms with Crippen LogP contribution in [0.3, 0.4) is 0 Å². The number of carboxylic acids is 1. The quantitative estimate of drug-likeness (QED) is 0.0109. The number of allylic oxidation sites excluding steroid dienone is 7. The lowest BCUT2D eigenvalue weighted by Gasteiger charge is -2.22.